The van der Waals surface area contributed by atoms with Gasteiger partial charge < -0.3 is 15.0 Å². The zero-order valence-electron chi connectivity index (χ0n) is 14.5. The molecule has 24 heavy (non-hydrogen) atoms. The van der Waals surface area contributed by atoms with Crippen LogP contribution in [0.15, 0.2) is 30.3 Å². The zero-order chi connectivity index (χ0) is 16.6. The van der Waals surface area contributed by atoms with Crippen molar-refractivity contribution in [3.8, 4) is 0 Å². The van der Waals surface area contributed by atoms with E-state index in [1.165, 1.54) is 6.42 Å². The zero-order valence-corrected chi connectivity index (χ0v) is 14.5. The van der Waals surface area contributed by atoms with E-state index in [-0.39, 0.29) is 11.8 Å². The van der Waals surface area contributed by atoms with Gasteiger partial charge in [0, 0.05) is 25.3 Å². The minimum absolute atomic E-state index is 0.113. The summed E-state index contributed by atoms with van der Waals surface area (Å²) in [4.78, 5) is 17.4. The number of hydrogen-bond donors (Lipinski definition) is 1. The highest BCUT2D eigenvalue weighted by Crippen LogP contribution is 2.19. The van der Waals surface area contributed by atoms with Gasteiger partial charge in [-0.2, -0.15) is 0 Å². The quantitative estimate of drug-likeness (QED) is 0.867. The highest BCUT2D eigenvalue weighted by molar-refractivity contribution is 5.92. The number of rotatable bonds is 6. The number of anilines is 1. The van der Waals surface area contributed by atoms with Gasteiger partial charge in [-0.15, -0.1) is 0 Å². The van der Waals surface area contributed by atoms with Gasteiger partial charge in [0.25, 0.3) is 0 Å². The molecular formula is C19H29N3O2. The number of para-hydroxylation sites is 1. The standard InChI is InChI=1S/C19H29N3O2/c23-19(20-18-7-2-1-3-8-18)17-6-4-9-22(16-17)11-5-10-21-12-14-24-15-13-21/h1-3,7-8,17H,4-6,9-16H2,(H,20,23)/t17-/m1/s1. The maximum absolute atomic E-state index is 12.5. The number of amides is 1. The van der Waals surface area contributed by atoms with E-state index in [9.17, 15) is 4.79 Å². The Balaban J connectivity index is 1.39. The number of carbonyl (C=O) groups is 1. The van der Waals surface area contributed by atoms with Gasteiger partial charge in [-0.3, -0.25) is 9.69 Å². The molecule has 0 bridgehead atoms. The van der Waals surface area contributed by atoms with Crippen molar-refractivity contribution in [2.75, 3.05) is 57.8 Å². The summed E-state index contributed by atoms with van der Waals surface area (Å²) in [6.45, 7) is 8.09. The Kier molecular flexibility index (Phi) is 6.64. The molecule has 2 saturated heterocycles. The number of morpholine rings is 1. The van der Waals surface area contributed by atoms with Crippen molar-refractivity contribution in [1.82, 2.24) is 9.80 Å². The highest BCUT2D eigenvalue weighted by atomic mass is 16.5. The molecule has 2 heterocycles. The van der Waals surface area contributed by atoms with Crippen molar-refractivity contribution in [3.63, 3.8) is 0 Å². The molecule has 5 nitrogen and oxygen atoms in total. The SMILES string of the molecule is O=C(Nc1ccccc1)[C@@H]1CCCN(CCCN2CCOCC2)C1. The number of benzene rings is 1. The molecular weight excluding hydrogens is 302 g/mol. The predicted molar refractivity (Wildman–Crippen MR) is 96.1 cm³/mol. The molecule has 1 atom stereocenters. The van der Waals surface area contributed by atoms with E-state index in [2.05, 4.69) is 15.1 Å². The van der Waals surface area contributed by atoms with Crippen LogP contribution in [0.5, 0.6) is 0 Å². The van der Waals surface area contributed by atoms with Crippen LogP contribution in [0, 0.1) is 5.92 Å². The van der Waals surface area contributed by atoms with Gasteiger partial charge in [-0.25, -0.2) is 0 Å². The van der Waals surface area contributed by atoms with Crippen LogP contribution in [-0.2, 0) is 9.53 Å². The first-order chi connectivity index (χ1) is 11.8. The first kappa shape index (κ1) is 17.4. The molecule has 132 valence electrons. The third-order valence-corrected chi connectivity index (χ3v) is 4.97. The number of likely N-dealkylation sites (tertiary alicyclic amines) is 1. The summed E-state index contributed by atoms with van der Waals surface area (Å²) in [6.07, 6.45) is 3.29. The van der Waals surface area contributed by atoms with E-state index in [0.717, 1.165) is 71.0 Å². The molecule has 0 spiro atoms. The average Bonchev–Trinajstić information content (AvgIpc) is 2.64. The first-order valence-corrected chi connectivity index (χ1v) is 9.19. The number of nitrogens with one attached hydrogen (secondary N) is 1. The van der Waals surface area contributed by atoms with Gasteiger partial charge in [0.15, 0.2) is 0 Å². The van der Waals surface area contributed by atoms with Crippen molar-refractivity contribution in [3.05, 3.63) is 30.3 Å². The van der Waals surface area contributed by atoms with E-state index >= 15 is 0 Å². The summed E-state index contributed by atoms with van der Waals surface area (Å²) in [5, 5.41) is 3.05. The van der Waals surface area contributed by atoms with Crippen LogP contribution in [0.2, 0.25) is 0 Å². The molecule has 1 aromatic rings. The van der Waals surface area contributed by atoms with Crippen molar-refractivity contribution in [2.24, 2.45) is 5.92 Å². The second-order valence-corrected chi connectivity index (χ2v) is 6.80. The first-order valence-electron chi connectivity index (χ1n) is 9.19. The molecule has 0 aliphatic carbocycles. The number of hydrogen-bond acceptors (Lipinski definition) is 4. The second-order valence-electron chi connectivity index (χ2n) is 6.80. The molecule has 0 aromatic heterocycles. The lowest BCUT2D eigenvalue weighted by Gasteiger charge is -2.33. The Labute approximate surface area is 145 Å². The van der Waals surface area contributed by atoms with Crippen LogP contribution in [0.3, 0.4) is 0 Å². The smallest absolute Gasteiger partial charge is 0.228 e. The molecule has 3 rings (SSSR count). The Bertz CT molecular complexity index is 503. The van der Waals surface area contributed by atoms with Gasteiger partial charge in [0.2, 0.25) is 5.91 Å². The third kappa shape index (κ3) is 5.30. The fourth-order valence-corrected chi connectivity index (χ4v) is 3.58. The average molecular weight is 331 g/mol. The van der Waals surface area contributed by atoms with Crippen molar-refractivity contribution < 1.29 is 9.53 Å². The van der Waals surface area contributed by atoms with Crippen LogP contribution in [0.1, 0.15) is 19.3 Å². The maximum atomic E-state index is 12.5. The third-order valence-electron chi connectivity index (χ3n) is 4.97. The lowest BCUT2D eigenvalue weighted by molar-refractivity contribution is -0.121. The van der Waals surface area contributed by atoms with E-state index in [0.29, 0.717) is 0 Å². The molecule has 0 unspecified atom stereocenters. The monoisotopic (exact) mass is 331 g/mol. The van der Waals surface area contributed by atoms with Gasteiger partial charge in [0.05, 0.1) is 19.1 Å². The minimum atomic E-state index is 0.113. The number of carbonyl (C=O) groups excluding carboxylic acids is 1. The van der Waals surface area contributed by atoms with Crippen LogP contribution < -0.4 is 5.32 Å². The second kappa shape index (κ2) is 9.16. The summed E-state index contributed by atoms with van der Waals surface area (Å²) < 4.78 is 5.39. The van der Waals surface area contributed by atoms with Gasteiger partial charge >= 0.3 is 0 Å². The van der Waals surface area contributed by atoms with E-state index < -0.39 is 0 Å². The van der Waals surface area contributed by atoms with E-state index in [1.54, 1.807) is 0 Å². The lowest BCUT2D eigenvalue weighted by Crippen LogP contribution is -2.42. The molecule has 1 aromatic carbocycles. The predicted octanol–water partition coefficient (Wildman–Crippen LogP) is 2.06. The normalized spacial score (nSPS) is 23.1. The fourth-order valence-electron chi connectivity index (χ4n) is 3.58. The number of piperidine rings is 1. The Morgan fingerprint density at radius 3 is 2.62 bits per heavy atom. The molecule has 1 amide bonds. The largest absolute Gasteiger partial charge is 0.379 e. The van der Waals surface area contributed by atoms with Crippen molar-refractivity contribution in [1.29, 1.82) is 0 Å². The Morgan fingerprint density at radius 2 is 1.83 bits per heavy atom. The molecule has 5 heteroatoms. The van der Waals surface area contributed by atoms with Crippen molar-refractivity contribution in [2.45, 2.75) is 19.3 Å². The Morgan fingerprint density at radius 1 is 1.08 bits per heavy atom. The molecule has 1 N–H and O–H groups in total. The van der Waals surface area contributed by atoms with Crippen molar-refractivity contribution >= 4 is 11.6 Å². The minimum Gasteiger partial charge on any atom is -0.379 e. The highest BCUT2D eigenvalue weighted by Gasteiger charge is 2.25. The Hall–Kier alpha value is -1.43. The van der Waals surface area contributed by atoms with Gasteiger partial charge in [-0.1, -0.05) is 18.2 Å². The van der Waals surface area contributed by atoms with E-state index in [1.807, 2.05) is 30.3 Å². The van der Waals surface area contributed by atoms with Gasteiger partial charge in [0.1, 0.15) is 0 Å². The summed E-state index contributed by atoms with van der Waals surface area (Å²) in [5.74, 6) is 0.279. The van der Waals surface area contributed by atoms with Crippen LogP contribution >= 0.6 is 0 Å². The molecule has 2 aliphatic heterocycles. The van der Waals surface area contributed by atoms with E-state index in [4.69, 9.17) is 4.74 Å². The summed E-state index contributed by atoms with van der Waals surface area (Å²) in [6, 6.07) is 9.76. The molecule has 0 radical (unpaired) electrons. The van der Waals surface area contributed by atoms with Gasteiger partial charge in [-0.05, 0) is 51.0 Å². The molecule has 0 saturated carbocycles. The summed E-state index contributed by atoms with van der Waals surface area (Å²) >= 11 is 0. The maximum Gasteiger partial charge on any atom is 0.228 e. The van der Waals surface area contributed by atoms with Crippen LogP contribution in [0.4, 0.5) is 5.69 Å². The summed E-state index contributed by atoms with van der Waals surface area (Å²) in [5.41, 5.74) is 0.895. The molecule has 2 aliphatic rings. The number of nitrogens with zero attached hydrogens (tertiary/aromatic N) is 2. The van der Waals surface area contributed by atoms with Crippen LogP contribution in [0.25, 0.3) is 0 Å². The fraction of sp³-hybridized carbons (Fsp3) is 0.632. The summed E-state index contributed by atoms with van der Waals surface area (Å²) in [7, 11) is 0. The molecule has 2 fully saturated rings. The number of ether oxygens (including phenoxy) is 1. The van der Waals surface area contributed by atoms with Crippen LogP contribution in [-0.4, -0.2) is 68.2 Å². The topological polar surface area (TPSA) is 44.8 Å². The lowest BCUT2D eigenvalue weighted by atomic mass is 9.97.